The van der Waals surface area contributed by atoms with Crippen molar-refractivity contribution in [3.63, 3.8) is 0 Å². The van der Waals surface area contributed by atoms with Gasteiger partial charge in [0.05, 0.1) is 17.6 Å². The summed E-state index contributed by atoms with van der Waals surface area (Å²) in [5, 5.41) is 7.73. The van der Waals surface area contributed by atoms with E-state index in [1.54, 1.807) is 25.3 Å². The first kappa shape index (κ1) is 9.79. The maximum atomic E-state index is 13.3. The molecule has 15 heavy (non-hydrogen) atoms. The van der Waals surface area contributed by atoms with Gasteiger partial charge < -0.3 is 5.73 Å². The number of rotatable bonds is 2. The molecule has 0 saturated heterocycles. The average molecular weight is 206 g/mol. The van der Waals surface area contributed by atoms with Crippen LogP contribution in [0.5, 0.6) is 0 Å². The molecule has 2 N–H and O–H groups in total. The fourth-order valence-electron chi connectivity index (χ4n) is 1.35. The van der Waals surface area contributed by atoms with Crippen LogP contribution in [0.25, 0.3) is 5.69 Å². The van der Waals surface area contributed by atoms with E-state index in [0.717, 1.165) is 0 Å². The smallest absolute Gasteiger partial charge is 0.128 e. The van der Waals surface area contributed by atoms with Gasteiger partial charge in [-0.25, -0.2) is 9.07 Å². The van der Waals surface area contributed by atoms with Gasteiger partial charge in [0.2, 0.25) is 0 Å². The lowest BCUT2D eigenvalue weighted by Crippen LogP contribution is -1.99. The molecule has 0 aliphatic heterocycles. The van der Waals surface area contributed by atoms with Crippen LogP contribution in [0.15, 0.2) is 24.4 Å². The summed E-state index contributed by atoms with van der Waals surface area (Å²) in [6.45, 7) is 2.03. The number of aromatic nitrogens is 3. The van der Waals surface area contributed by atoms with Gasteiger partial charge in [-0.3, -0.25) is 0 Å². The molecule has 1 heterocycles. The first-order chi connectivity index (χ1) is 7.22. The first-order valence-corrected chi connectivity index (χ1v) is 4.59. The maximum absolute atomic E-state index is 13.3. The van der Waals surface area contributed by atoms with Crippen LogP contribution in [0.4, 0.5) is 4.39 Å². The van der Waals surface area contributed by atoms with Gasteiger partial charge in [0, 0.05) is 12.1 Å². The predicted octanol–water partition coefficient (Wildman–Crippen LogP) is 1.17. The fourth-order valence-corrected chi connectivity index (χ4v) is 1.35. The van der Waals surface area contributed by atoms with E-state index in [-0.39, 0.29) is 5.82 Å². The lowest BCUT2D eigenvalue weighted by atomic mass is 10.2. The third-order valence-electron chi connectivity index (χ3n) is 2.24. The molecule has 0 amide bonds. The minimum Gasteiger partial charge on any atom is -0.325 e. The average Bonchev–Trinajstić information content (AvgIpc) is 2.70. The summed E-state index contributed by atoms with van der Waals surface area (Å²) in [6, 6.07) is 4.84. The summed E-state index contributed by atoms with van der Waals surface area (Å²) in [6.07, 6.45) is 1.70. The zero-order valence-electron chi connectivity index (χ0n) is 8.31. The lowest BCUT2D eigenvalue weighted by Gasteiger charge is -2.04. The van der Waals surface area contributed by atoms with Crippen LogP contribution in [0, 0.1) is 12.7 Å². The van der Waals surface area contributed by atoms with Crippen molar-refractivity contribution in [1.82, 2.24) is 15.0 Å². The van der Waals surface area contributed by atoms with Crippen molar-refractivity contribution < 1.29 is 4.39 Å². The Morgan fingerprint density at radius 2 is 2.27 bits per heavy atom. The van der Waals surface area contributed by atoms with E-state index in [9.17, 15) is 4.39 Å². The highest BCUT2D eigenvalue weighted by atomic mass is 19.1. The Hall–Kier alpha value is -1.75. The molecule has 0 fully saturated rings. The Morgan fingerprint density at radius 3 is 2.93 bits per heavy atom. The molecule has 0 spiro atoms. The summed E-state index contributed by atoms with van der Waals surface area (Å²) >= 11 is 0. The molecule has 1 aromatic heterocycles. The molecule has 4 nitrogen and oxygen atoms in total. The van der Waals surface area contributed by atoms with E-state index in [1.165, 1.54) is 10.7 Å². The van der Waals surface area contributed by atoms with Crippen LogP contribution >= 0.6 is 0 Å². The zero-order valence-corrected chi connectivity index (χ0v) is 8.31. The van der Waals surface area contributed by atoms with E-state index in [4.69, 9.17) is 5.73 Å². The minimum absolute atomic E-state index is 0.253. The number of halogens is 1. The molecular formula is C10H11FN4. The third-order valence-corrected chi connectivity index (χ3v) is 2.24. The fraction of sp³-hybridized carbons (Fsp3) is 0.200. The van der Waals surface area contributed by atoms with Gasteiger partial charge in [0.1, 0.15) is 5.82 Å². The van der Waals surface area contributed by atoms with Crippen LogP contribution in [0.2, 0.25) is 0 Å². The number of hydrogen-bond donors (Lipinski definition) is 1. The van der Waals surface area contributed by atoms with Crippen molar-refractivity contribution in [2.75, 3.05) is 0 Å². The monoisotopic (exact) mass is 206 g/mol. The second kappa shape index (κ2) is 3.78. The van der Waals surface area contributed by atoms with Crippen LogP contribution in [0.3, 0.4) is 0 Å². The van der Waals surface area contributed by atoms with E-state index < -0.39 is 0 Å². The molecule has 2 aromatic rings. The standard InChI is InChI=1S/C10H11FN4/c1-7-9(11)3-2-4-10(7)15-6-8(5-12)13-14-15/h2-4,6H,5,12H2,1H3. The molecule has 0 aliphatic carbocycles. The molecule has 0 atom stereocenters. The summed E-state index contributed by atoms with van der Waals surface area (Å²) in [5.74, 6) is -0.253. The molecule has 0 aliphatic rings. The van der Waals surface area contributed by atoms with E-state index in [1.807, 2.05) is 0 Å². The highest BCUT2D eigenvalue weighted by Crippen LogP contribution is 2.15. The second-order valence-electron chi connectivity index (χ2n) is 3.24. The topological polar surface area (TPSA) is 56.7 Å². The van der Waals surface area contributed by atoms with Crippen LogP contribution in [-0.2, 0) is 6.54 Å². The highest BCUT2D eigenvalue weighted by Gasteiger charge is 2.07. The molecule has 0 bridgehead atoms. The summed E-state index contributed by atoms with van der Waals surface area (Å²) in [5.41, 5.74) is 7.33. The van der Waals surface area contributed by atoms with Crippen molar-refractivity contribution >= 4 is 0 Å². The van der Waals surface area contributed by atoms with Crippen LogP contribution in [0.1, 0.15) is 11.3 Å². The lowest BCUT2D eigenvalue weighted by molar-refractivity contribution is 0.614. The third kappa shape index (κ3) is 1.73. The predicted molar refractivity (Wildman–Crippen MR) is 53.9 cm³/mol. The summed E-state index contributed by atoms with van der Waals surface area (Å²) in [7, 11) is 0. The second-order valence-corrected chi connectivity index (χ2v) is 3.24. The van der Waals surface area contributed by atoms with Gasteiger partial charge in [-0.1, -0.05) is 11.3 Å². The molecule has 2 rings (SSSR count). The van der Waals surface area contributed by atoms with Gasteiger partial charge in [0.25, 0.3) is 0 Å². The Bertz CT molecular complexity index is 478. The zero-order chi connectivity index (χ0) is 10.8. The quantitative estimate of drug-likeness (QED) is 0.802. The van der Waals surface area contributed by atoms with Crippen molar-refractivity contribution in [1.29, 1.82) is 0 Å². The Labute approximate surface area is 86.5 Å². The Balaban J connectivity index is 2.49. The molecule has 1 aromatic carbocycles. The van der Waals surface area contributed by atoms with Gasteiger partial charge >= 0.3 is 0 Å². The van der Waals surface area contributed by atoms with Crippen molar-refractivity contribution in [3.8, 4) is 5.69 Å². The number of benzene rings is 1. The summed E-state index contributed by atoms with van der Waals surface area (Å²) in [4.78, 5) is 0. The van der Waals surface area contributed by atoms with Crippen LogP contribution < -0.4 is 5.73 Å². The van der Waals surface area contributed by atoms with E-state index in [2.05, 4.69) is 10.3 Å². The van der Waals surface area contributed by atoms with Crippen LogP contribution in [-0.4, -0.2) is 15.0 Å². The number of nitrogens with two attached hydrogens (primary N) is 1. The van der Waals surface area contributed by atoms with Gasteiger partial charge in [-0.15, -0.1) is 5.10 Å². The molecule has 0 radical (unpaired) electrons. The van der Waals surface area contributed by atoms with E-state index in [0.29, 0.717) is 23.5 Å². The van der Waals surface area contributed by atoms with Crippen molar-refractivity contribution in [3.05, 3.63) is 41.5 Å². The number of hydrogen-bond acceptors (Lipinski definition) is 3. The van der Waals surface area contributed by atoms with Gasteiger partial charge in [0.15, 0.2) is 0 Å². The SMILES string of the molecule is Cc1c(F)cccc1-n1cc(CN)nn1. The Morgan fingerprint density at radius 1 is 1.47 bits per heavy atom. The van der Waals surface area contributed by atoms with Gasteiger partial charge in [-0.05, 0) is 19.1 Å². The molecule has 0 unspecified atom stereocenters. The van der Waals surface area contributed by atoms with Gasteiger partial charge in [-0.2, -0.15) is 0 Å². The molecule has 5 heteroatoms. The number of nitrogens with zero attached hydrogens (tertiary/aromatic N) is 3. The highest BCUT2D eigenvalue weighted by molar-refractivity contribution is 5.40. The molecule has 0 saturated carbocycles. The molecular weight excluding hydrogens is 195 g/mol. The maximum Gasteiger partial charge on any atom is 0.128 e. The van der Waals surface area contributed by atoms with Crippen molar-refractivity contribution in [2.24, 2.45) is 5.73 Å². The normalized spacial score (nSPS) is 10.6. The Kier molecular flexibility index (Phi) is 2.47. The first-order valence-electron chi connectivity index (χ1n) is 4.59. The largest absolute Gasteiger partial charge is 0.325 e. The molecule has 78 valence electrons. The minimum atomic E-state index is -0.253. The summed E-state index contributed by atoms with van der Waals surface area (Å²) < 4.78 is 14.8. The van der Waals surface area contributed by atoms with E-state index >= 15 is 0 Å². The van der Waals surface area contributed by atoms with Crippen molar-refractivity contribution in [2.45, 2.75) is 13.5 Å².